The van der Waals surface area contributed by atoms with Crippen LogP contribution in [0.5, 0.6) is 5.75 Å². The standard InChI is InChI=1S/C13H22N4O2/c1-9-5-6-17(7-10(9)18-3)13-11(19-4)12(14-2)15-8-16-13/h8-10H,5-7H2,1-4H3,(H,14,15,16). The Morgan fingerprint density at radius 3 is 2.79 bits per heavy atom. The molecule has 2 rings (SSSR count). The molecule has 19 heavy (non-hydrogen) atoms. The average Bonchev–Trinajstić information content (AvgIpc) is 2.46. The van der Waals surface area contributed by atoms with Gasteiger partial charge in [0.25, 0.3) is 0 Å². The van der Waals surface area contributed by atoms with Crippen LogP contribution >= 0.6 is 0 Å². The molecule has 6 nitrogen and oxygen atoms in total. The number of hydrogen-bond acceptors (Lipinski definition) is 6. The summed E-state index contributed by atoms with van der Waals surface area (Å²) < 4.78 is 11.0. The summed E-state index contributed by atoms with van der Waals surface area (Å²) in [5.74, 6) is 2.79. The summed E-state index contributed by atoms with van der Waals surface area (Å²) in [5.41, 5.74) is 0. The van der Waals surface area contributed by atoms with Crippen LogP contribution in [0.2, 0.25) is 0 Å². The monoisotopic (exact) mass is 266 g/mol. The van der Waals surface area contributed by atoms with Crippen LogP contribution in [0.1, 0.15) is 13.3 Å². The van der Waals surface area contributed by atoms with Gasteiger partial charge in [-0.15, -0.1) is 0 Å². The molecule has 0 saturated carbocycles. The number of nitrogens with one attached hydrogen (secondary N) is 1. The highest BCUT2D eigenvalue weighted by Gasteiger charge is 2.29. The van der Waals surface area contributed by atoms with E-state index in [-0.39, 0.29) is 6.10 Å². The predicted molar refractivity (Wildman–Crippen MR) is 74.9 cm³/mol. The lowest BCUT2D eigenvalue weighted by Crippen LogP contribution is -2.44. The molecule has 0 spiro atoms. The summed E-state index contributed by atoms with van der Waals surface area (Å²) in [4.78, 5) is 10.7. The van der Waals surface area contributed by atoms with Gasteiger partial charge in [0.05, 0.1) is 13.2 Å². The molecule has 106 valence electrons. The minimum atomic E-state index is 0.228. The van der Waals surface area contributed by atoms with Crippen molar-refractivity contribution in [2.75, 3.05) is 44.6 Å². The number of nitrogens with zero attached hydrogens (tertiary/aromatic N) is 3. The van der Waals surface area contributed by atoms with Crippen molar-refractivity contribution in [2.24, 2.45) is 5.92 Å². The molecule has 6 heteroatoms. The first kappa shape index (κ1) is 13.9. The van der Waals surface area contributed by atoms with Crippen molar-refractivity contribution in [3.05, 3.63) is 6.33 Å². The fraction of sp³-hybridized carbons (Fsp3) is 0.692. The maximum atomic E-state index is 5.54. The lowest BCUT2D eigenvalue weighted by atomic mass is 9.96. The molecule has 1 aromatic heterocycles. The van der Waals surface area contributed by atoms with Gasteiger partial charge in [0.1, 0.15) is 6.33 Å². The number of piperidine rings is 1. The highest BCUT2D eigenvalue weighted by Crippen LogP contribution is 2.34. The summed E-state index contributed by atoms with van der Waals surface area (Å²) in [5, 5.41) is 3.03. The fourth-order valence-corrected chi connectivity index (χ4v) is 2.49. The largest absolute Gasteiger partial charge is 0.490 e. The molecule has 0 radical (unpaired) electrons. The van der Waals surface area contributed by atoms with Gasteiger partial charge in [-0.3, -0.25) is 0 Å². The van der Waals surface area contributed by atoms with E-state index in [9.17, 15) is 0 Å². The molecule has 0 aliphatic carbocycles. The molecular weight excluding hydrogens is 244 g/mol. The lowest BCUT2D eigenvalue weighted by Gasteiger charge is -2.37. The van der Waals surface area contributed by atoms with Gasteiger partial charge in [0.2, 0.25) is 5.75 Å². The Morgan fingerprint density at radius 1 is 1.37 bits per heavy atom. The van der Waals surface area contributed by atoms with Crippen molar-refractivity contribution in [3.8, 4) is 5.75 Å². The van der Waals surface area contributed by atoms with E-state index in [2.05, 4.69) is 27.1 Å². The molecule has 1 aromatic rings. The topological polar surface area (TPSA) is 59.5 Å². The summed E-state index contributed by atoms with van der Waals surface area (Å²) in [6, 6.07) is 0. The first-order chi connectivity index (χ1) is 9.21. The molecule has 0 bridgehead atoms. The second-order valence-corrected chi connectivity index (χ2v) is 4.82. The van der Waals surface area contributed by atoms with Gasteiger partial charge < -0.3 is 19.7 Å². The summed E-state index contributed by atoms with van der Waals surface area (Å²) in [6.07, 6.45) is 2.87. The lowest BCUT2D eigenvalue weighted by molar-refractivity contribution is 0.0495. The number of ether oxygens (including phenoxy) is 2. The van der Waals surface area contributed by atoms with E-state index >= 15 is 0 Å². The molecule has 1 saturated heterocycles. The molecule has 2 heterocycles. The van der Waals surface area contributed by atoms with Crippen LogP contribution in [0.4, 0.5) is 11.6 Å². The van der Waals surface area contributed by atoms with Crippen LogP contribution in [-0.4, -0.2) is 50.4 Å². The zero-order valence-electron chi connectivity index (χ0n) is 12.0. The Hall–Kier alpha value is -1.56. The SMILES string of the molecule is CNc1ncnc(N2CCC(C)C(OC)C2)c1OC. The smallest absolute Gasteiger partial charge is 0.204 e. The van der Waals surface area contributed by atoms with Crippen LogP contribution in [-0.2, 0) is 4.74 Å². The fourth-order valence-electron chi connectivity index (χ4n) is 2.49. The van der Waals surface area contributed by atoms with Gasteiger partial charge in [0, 0.05) is 27.2 Å². The zero-order chi connectivity index (χ0) is 13.8. The van der Waals surface area contributed by atoms with E-state index in [0.717, 1.165) is 25.3 Å². The second-order valence-electron chi connectivity index (χ2n) is 4.82. The number of methoxy groups -OCH3 is 2. The van der Waals surface area contributed by atoms with Gasteiger partial charge in [-0.2, -0.15) is 0 Å². The molecule has 2 unspecified atom stereocenters. The third-order valence-electron chi connectivity index (χ3n) is 3.72. The summed E-state index contributed by atoms with van der Waals surface area (Å²) in [7, 11) is 5.23. The van der Waals surface area contributed by atoms with E-state index in [0.29, 0.717) is 17.5 Å². The first-order valence-corrected chi connectivity index (χ1v) is 6.55. The van der Waals surface area contributed by atoms with E-state index in [1.165, 1.54) is 0 Å². The maximum Gasteiger partial charge on any atom is 0.204 e. The molecule has 1 N–H and O–H groups in total. The van der Waals surface area contributed by atoms with Crippen molar-refractivity contribution in [2.45, 2.75) is 19.4 Å². The van der Waals surface area contributed by atoms with Gasteiger partial charge in [-0.25, -0.2) is 9.97 Å². The Balaban J connectivity index is 2.26. The third kappa shape index (κ3) is 2.73. The Morgan fingerprint density at radius 2 is 2.16 bits per heavy atom. The molecule has 0 amide bonds. The van der Waals surface area contributed by atoms with Crippen LogP contribution < -0.4 is 15.0 Å². The van der Waals surface area contributed by atoms with Crippen molar-refractivity contribution in [1.29, 1.82) is 0 Å². The maximum absolute atomic E-state index is 5.54. The first-order valence-electron chi connectivity index (χ1n) is 6.55. The van der Waals surface area contributed by atoms with Gasteiger partial charge in [-0.1, -0.05) is 6.92 Å². The van der Waals surface area contributed by atoms with Crippen LogP contribution in [0.25, 0.3) is 0 Å². The zero-order valence-corrected chi connectivity index (χ0v) is 12.0. The van der Waals surface area contributed by atoms with E-state index in [1.807, 2.05) is 7.05 Å². The number of anilines is 2. The van der Waals surface area contributed by atoms with E-state index < -0.39 is 0 Å². The molecule has 2 atom stereocenters. The normalized spacial score (nSPS) is 23.3. The van der Waals surface area contributed by atoms with Crippen LogP contribution in [0.15, 0.2) is 6.33 Å². The average molecular weight is 266 g/mol. The predicted octanol–water partition coefficient (Wildman–Crippen LogP) is 1.39. The highest BCUT2D eigenvalue weighted by molar-refractivity contribution is 5.64. The minimum Gasteiger partial charge on any atom is -0.490 e. The Kier molecular flexibility index (Phi) is 4.42. The molecular formula is C13H22N4O2. The van der Waals surface area contributed by atoms with Crippen LogP contribution in [0, 0.1) is 5.92 Å². The quantitative estimate of drug-likeness (QED) is 0.888. The van der Waals surface area contributed by atoms with Crippen LogP contribution in [0.3, 0.4) is 0 Å². The number of hydrogen-bond donors (Lipinski definition) is 1. The van der Waals surface area contributed by atoms with Gasteiger partial charge in [0.15, 0.2) is 11.6 Å². The summed E-state index contributed by atoms with van der Waals surface area (Å²) in [6.45, 7) is 4.01. The van der Waals surface area contributed by atoms with Gasteiger partial charge >= 0.3 is 0 Å². The van der Waals surface area contributed by atoms with E-state index in [4.69, 9.17) is 9.47 Å². The van der Waals surface area contributed by atoms with E-state index in [1.54, 1.807) is 20.5 Å². The molecule has 1 aliphatic heterocycles. The molecule has 1 aliphatic rings. The van der Waals surface area contributed by atoms with Gasteiger partial charge in [-0.05, 0) is 12.3 Å². The third-order valence-corrected chi connectivity index (χ3v) is 3.72. The van der Waals surface area contributed by atoms with Crippen molar-refractivity contribution < 1.29 is 9.47 Å². The molecule has 1 fully saturated rings. The number of aromatic nitrogens is 2. The molecule has 0 aromatic carbocycles. The minimum absolute atomic E-state index is 0.228. The number of rotatable bonds is 4. The Bertz CT molecular complexity index is 427. The van der Waals surface area contributed by atoms with Crippen molar-refractivity contribution in [3.63, 3.8) is 0 Å². The Labute approximate surface area is 114 Å². The highest BCUT2D eigenvalue weighted by atomic mass is 16.5. The van der Waals surface area contributed by atoms with Crippen molar-refractivity contribution in [1.82, 2.24) is 9.97 Å². The summed E-state index contributed by atoms with van der Waals surface area (Å²) >= 11 is 0. The van der Waals surface area contributed by atoms with Crippen molar-refractivity contribution >= 4 is 11.6 Å². The second kappa shape index (κ2) is 6.06.